The van der Waals surface area contributed by atoms with Crippen LogP contribution in [0.2, 0.25) is 0 Å². The Morgan fingerprint density at radius 3 is 2.71 bits per heavy atom. The lowest BCUT2D eigenvalue weighted by atomic mass is 10.1. The van der Waals surface area contributed by atoms with E-state index in [2.05, 4.69) is 4.98 Å². The Morgan fingerprint density at radius 2 is 1.88 bits per heavy atom. The fourth-order valence-corrected chi connectivity index (χ4v) is 2.49. The van der Waals surface area contributed by atoms with Crippen molar-refractivity contribution in [2.75, 3.05) is 0 Å². The average molecular weight is 247 g/mol. The van der Waals surface area contributed by atoms with Gasteiger partial charge in [0.05, 0.1) is 10.2 Å². The second-order valence-corrected chi connectivity index (χ2v) is 4.55. The fraction of sp³-hybridized carbons (Fsp3) is 0. The molecule has 0 atom stereocenters. The molecular weight excluding hydrogens is 240 g/mol. The van der Waals surface area contributed by atoms with Crippen molar-refractivity contribution < 1.29 is 8.78 Å². The second kappa shape index (κ2) is 3.89. The molecule has 0 fully saturated rings. The SMILES string of the molecule is Fc1cccc(-c2cc(F)c3ncsc3c2)c1. The predicted octanol–water partition coefficient (Wildman–Crippen LogP) is 4.24. The number of thiazole rings is 1. The first-order valence-corrected chi connectivity index (χ1v) is 5.91. The van der Waals surface area contributed by atoms with Crippen molar-refractivity contribution in [2.45, 2.75) is 0 Å². The van der Waals surface area contributed by atoms with Gasteiger partial charge in [-0.2, -0.15) is 0 Å². The summed E-state index contributed by atoms with van der Waals surface area (Å²) in [5.41, 5.74) is 3.30. The zero-order valence-electron chi connectivity index (χ0n) is 8.65. The Balaban J connectivity index is 2.23. The molecule has 0 aliphatic carbocycles. The van der Waals surface area contributed by atoms with Gasteiger partial charge >= 0.3 is 0 Å². The molecule has 3 aromatic rings. The van der Waals surface area contributed by atoms with Crippen LogP contribution >= 0.6 is 11.3 Å². The van der Waals surface area contributed by atoms with E-state index >= 15 is 0 Å². The highest BCUT2D eigenvalue weighted by molar-refractivity contribution is 7.16. The molecule has 0 spiro atoms. The summed E-state index contributed by atoms with van der Waals surface area (Å²) in [6.45, 7) is 0. The molecule has 4 heteroatoms. The summed E-state index contributed by atoms with van der Waals surface area (Å²) in [7, 11) is 0. The van der Waals surface area contributed by atoms with Gasteiger partial charge in [0.25, 0.3) is 0 Å². The molecule has 17 heavy (non-hydrogen) atoms. The molecule has 0 bridgehead atoms. The molecule has 0 N–H and O–H groups in total. The molecule has 0 saturated carbocycles. The predicted molar refractivity (Wildman–Crippen MR) is 65.0 cm³/mol. The lowest BCUT2D eigenvalue weighted by Crippen LogP contribution is -1.83. The van der Waals surface area contributed by atoms with Crippen molar-refractivity contribution in [3.63, 3.8) is 0 Å². The number of nitrogens with zero attached hydrogens (tertiary/aromatic N) is 1. The van der Waals surface area contributed by atoms with E-state index in [4.69, 9.17) is 0 Å². The zero-order valence-corrected chi connectivity index (χ0v) is 9.47. The van der Waals surface area contributed by atoms with Gasteiger partial charge in [-0.1, -0.05) is 12.1 Å². The number of hydrogen-bond donors (Lipinski definition) is 0. The molecule has 0 aliphatic heterocycles. The Hall–Kier alpha value is -1.81. The van der Waals surface area contributed by atoms with Crippen LogP contribution in [-0.4, -0.2) is 4.98 Å². The van der Waals surface area contributed by atoms with Crippen LogP contribution in [0.4, 0.5) is 8.78 Å². The number of fused-ring (bicyclic) bond motifs is 1. The van der Waals surface area contributed by atoms with E-state index < -0.39 is 0 Å². The Kier molecular flexibility index (Phi) is 2.37. The van der Waals surface area contributed by atoms with Crippen molar-refractivity contribution >= 4 is 21.6 Å². The first kappa shape index (κ1) is 10.4. The Morgan fingerprint density at radius 1 is 1.00 bits per heavy atom. The Labute approximate surface area is 100 Å². The number of benzene rings is 2. The van der Waals surface area contributed by atoms with E-state index in [1.807, 2.05) is 6.07 Å². The van der Waals surface area contributed by atoms with Crippen molar-refractivity contribution in [2.24, 2.45) is 0 Å². The number of rotatable bonds is 1. The van der Waals surface area contributed by atoms with Gasteiger partial charge in [0, 0.05) is 0 Å². The number of aromatic nitrogens is 1. The van der Waals surface area contributed by atoms with Crippen molar-refractivity contribution in [3.05, 3.63) is 53.5 Å². The van der Waals surface area contributed by atoms with Gasteiger partial charge in [-0.3, -0.25) is 0 Å². The third-order valence-corrected chi connectivity index (χ3v) is 3.32. The van der Waals surface area contributed by atoms with Crippen LogP contribution in [0.1, 0.15) is 0 Å². The highest BCUT2D eigenvalue weighted by Crippen LogP contribution is 2.28. The lowest BCUT2D eigenvalue weighted by Gasteiger charge is -2.02. The van der Waals surface area contributed by atoms with E-state index in [0.29, 0.717) is 16.6 Å². The summed E-state index contributed by atoms with van der Waals surface area (Å²) >= 11 is 1.37. The second-order valence-electron chi connectivity index (χ2n) is 3.67. The highest BCUT2D eigenvalue weighted by atomic mass is 32.1. The van der Waals surface area contributed by atoms with Crippen LogP contribution in [0.3, 0.4) is 0 Å². The quantitative estimate of drug-likeness (QED) is 0.626. The van der Waals surface area contributed by atoms with Gasteiger partial charge in [-0.25, -0.2) is 13.8 Å². The topological polar surface area (TPSA) is 12.9 Å². The lowest BCUT2D eigenvalue weighted by molar-refractivity contribution is 0.628. The molecule has 1 heterocycles. The minimum Gasteiger partial charge on any atom is -0.242 e. The summed E-state index contributed by atoms with van der Waals surface area (Å²) in [4.78, 5) is 3.94. The van der Waals surface area contributed by atoms with Crippen LogP contribution in [0.5, 0.6) is 0 Å². The van der Waals surface area contributed by atoms with Crippen LogP contribution in [0.25, 0.3) is 21.3 Å². The minimum atomic E-state index is -0.372. The van der Waals surface area contributed by atoms with E-state index in [9.17, 15) is 8.78 Å². The third kappa shape index (κ3) is 1.80. The van der Waals surface area contributed by atoms with Gasteiger partial charge in [-0.05, 0) is 35.4 Å². The van der Waals surface area contributed by atoms with Crippen LogP contribution in [0, 0.1) is 11.6 Å². The molecule has 0 amide bonds. The summed E-state index contributed by atoms with van der Waals surface area (Å²) in [5, 5.41) is 0. The smallest absolute Gasteiger partial charge is 0.150 e. The third-order valence-electron chi connectivity index (χ3n) is 2.55. The first-order valence-electron chi connectivity index (χ1n) is 5.03. The van der Waals surface area contributed by atoms with Crippen LogP contribution < -0.4 is 0 Å². The summed E-state index contributed by atoms with van der Waals surface area (Å²) in [6.07, 6.45) is 0. The molecule has 2 aromatic carbocycles. The molecule has 1 aromatic heterocycles. The van der Waals surface area contributed by atoms with E-state index in [-0.39, 0.29) is 11.6 Å². The maximum Gasteiger partial charge on any atom is 0.150 e. The summed E-state index contributed by atoms with van der Waals surface area (Å²) in [6, 6.07) is 9.33. The Bertz CT molecular complexity index is 691. The monoisotopic (exact) mass is 247 g/mol. The fourth-order valence-electron chi connectivity index (χ4n) is 1.76. The largest absolute Gasteiger partial charge is 0.242 e. The van der Waals surface area contributed by atoms with Crippen molar-refractivity contribution in [3.8, 4) is 11.1 Å². The molecule has 0 aliphatic rings. The summed E-state index contributed by atoms with van der Waals surface area (Å²) in [5.74, 6) is -0.699. The standard InChI is InChI=1S/C13H7F2NS/c14-10-3-1-2-8(4-10)9-5-11(15)13-12(6-9)17-7-16-13/h1-7H. The molecule has 0 unspecified atom stereocenters. The van der Waals surface area contributed by atoms with Crippen LogP contribution in [0.15, 0.2) is 41.9 Å². The first-order chi connectivity index (χ1) is 8.24. The van der Waals surface area contributed by atoms with Crippen molar-refractivity contribution in [1.82, 2.24) is 4.98 Å². The van der Waals surface area contributed by atoms with E-state index in [0.717, 1.165) is 4.70 Å². The van der Waals surface area contributed by atoms with E-state index in [1.54, 1.807) is 17.6 Å². The molecule has 0 radical (unpaired) electrons. The highest BCUT2D eigenvalue weighted by Gasteiger charge is 2.08. The van der Waals surface area contributed by atoms with Gasteiger partial charge in [-0.15, -0.1) is 11.3 Å². The molecule has 3 rings (SSSR count). The van der Waals surface area contributed by atoms with Crippen molar-refractivity contribution in [1.29, 1.82) is 0 Å². The molecule has 84 valence electrons. The molecule has 1 nitrogen and oxygen atoms in total. The maximum absolute atomic E-state index is 13.7. The average Bonchev–Trinajstić information content (AvgIpc) is 2.77. The minimum absolute atomic E-state index is 0.327. The summed E-state index contributed by atoms with van der Waals surface area (Å²) < 4.78 is 27.6. The van der Waals surface area contributed by atoms with Gasteiger partial charge in [0.2, 0.25) is 0 Å². The molecule has 0 saturated heterocycles. The normalized spacial score (nSPS) is 10.9. The van der Waals surface area contributed by atoms with Gasteiger partial charge < -0.3 is 0 Å². The van der Waals surface area contributed by atoms with Crippen LogP contribution in [-0.2, 0) is 0 Å². The van der Waals surface area contributed by atoms with Gasteiger partial charge in [0.15, 0.2) is 5.82 Å². The van der Waals surface area contributed by atoms with E-state index in [1.165, 1.54) is 29.5 Å². The number of hydrogen-bond acceptors (Lipinski definition) is 2. The molecular formula is C13H7F2NS. The maximum atomic E-state index is 13.7. The zero-order chi connectivity index (χ0) is 11.8. The number of halogens is 2. The van der Waals surface area contributed by atoms with Gasteiger partial charge in [0.1, 0.15) is 11.3 Å².